The van der Waals surface area contributed by atoms with Gasteiger partial charge in [-0.15, -0.1) is 0 Å². The van der Waals surface area contributed by atoms with Crippen molar-refractivity contribution in [1.29, 1.82) is 0 Å². The van der Waals surface area contributed by atoms with Crippen molar-refractivity contribution in [3.63, 3.8) is 0 Å². The number of fused-ring (bicyclic) bond motifs is 1. The molecule has 2 unspecified atom stereocenters. The SMILES string of the molecule is CCOC(=O)N1C2[C@H](Br)C([C@@H]2Br)[C@H]1c1ccccc1. The lowest BCUT2D eigenvalue weighted by molar-refractivity contribution is 0.0971. The molecule has 0 radical (unpaired) electrons. The summed E-state index contributed by atoms with van der Waals surface area (Å²) in [5, 5.41) is 0. The molecule has 1 aromatic rings. The van der Waals surface area contributed by atoms with Crippen molar-refractivity contribution in [2.75, 3.05) is 6.61 Å². The van der Waals surface area contributed by atoms with Crippen molar-refractivity contribution >= 4 is 38.0 Å². The van der Waals surface area contributed by atoms with Crippen LogP contribution in [-0.2, 0) is 4.74 Å². The van der Waals surface area contributed by atoms with E-state index in [4.69, 9.17) is 4.74 Å². The Bertz CT molecular complexity index is 472. The molecule has 0 aromatic heterocycles. The lowest BCUT2D eigenvalue weighted by Crippen LogP contribution is -2.51. The van der Waals surface area contributed by atoms with Gasteiger partial charge >= 0.3 is 6.09 Å². The lowest BCUT2D eigenvalue weighted by Gasteiger charge is -2.37. The molecule has 102 valence electrons. The molecule has 2 heterocycles. The monoisotopic (exact) mass is 387 g/mol. The quantitative estimate of drug-likeness (QED) is 0.722. The summed E-state index contributed by atoms with van der Waals surface area (Å²) in [6.45, 7) is 2.25. The van der Waals surface area contributed by atoms with Crippen LogP contribution in [-0.4, -0.2) is 33.3 Å². The second kappa shape index (κ2) is 5.09. The van der Waals surface area contributed by atoms with Crippen LogP contribution in [0.3, 0.4) is 0 Å². The van der Waals surface area contributed by atoms with Gasteiger partial charge in [-0.05, 0) is 12.5 Å². The summed E-state index contributed by atoms with van der Waals surface area (Å²) in [5.74, 6) is 0.400. The molecule has 3 fully saturated rings. The molecule has 1 amide bonds. The highest BCUT2D eigenvalue weighted by atomic mass is 79.9. The van der Waals surface area contributed by atoms with E-state index in [0.717, 1.165) is 0 Å². The topological polar surface area (TPSA) is 29.5 Å². The number of rotatable bonds is 2. The van der Waals surface area contributed by atoms with E-state index in [1.165, 1.54) is 5.56 Å². The molecule has 19 heavy (non-hydrogen) atoms. The molecule has 0 N–H and O–H groups in total. The Morgan fingerprint density at radius 1 is 1.26 bits per heavy atom. The maximum absolute atomic E-state index is 12.2. The van der Waals surface area contributed by atoms with E-state index in [-0.39, 0.29) is 18.2 Å². The van der Waals surface area contributed by atoms with Gasteiger partial charge in [-0.25, -0.2) is 4.79 Å². The van der Waals surface area contributed by atoms with Crippen LogP contribution in [0.5, 0.6) is 0 Å². The molecule has 3 nitrogen and oxygen atoms in total. The fraction of sp³-hybridized carbons (Fsp3) is 0.500. The maximum Gasteiger partial charge on any atom is 0.410 e. The zero-order chi connectivity index (χ0) is 13.6. The minimum atomic E-state index is -0.213. The number of carbonyl (C=O) groups is 1. The normalized spacial score (nSPS) is 35.9. The molecule has 5 heteroatoms. The first-order chi connectivity index (χ1) is 9.16. The predicted octanol–water partition coefficient (Wildman–Crippen LogP) is 3.73. The molecule has 2 bridgehead atoms. The Morgan fingerprint density at radius 3 is 2.47 bits per heavy atom. The summed E-state index contributed by atoms with van der Waals surface area (Å²) < 4.78 is 5.22. The second-order valence-electron chi connectivity index (χ2n) is 4.92. The first kappa shape index (κ1) is 13.4. The van der Waals surface area contributed by atoms with Crippen LogP contribution in [0, 0.1) is 5.92 Å². The smallest absolute Gasteiger partial charge is 0.410 e. The fourth-order valence-corrected chi connectivity index (χ4v) is 6.38. The largest absolute Gasteiger partial charge is 0.450 e. The Balaban J connectivity index is 1.94. The van der Waals surface area contributed by atoms with Gasteiger partial charge in [-0.1, -0.05) is 62.2 Å². The standard InChI is InChI=1S/C14H15Br2NO2/c1-2-19-14(18)17-12(8-6-4-3-5-7-8)9-10(15)13(17)11(9)16/h3-7,9-13H,2H2,1H3/t9?,10-,11+,12-,13?/m1/s1. The molecule has 1 saturated carbocycles. The van der Waals surface area contributed by atoms with Crippen LogP contribution in [0.4, 0.5) is 4.79 Å². The van der Waals surface area contributed by atoms with Crippen LogP contribution in [0.1, 0.15) is 18.5 Å². The molecule has 2 aliphatic heterocycles. The van der Waals surface area contributed by atoms with Crippen molar-refractivity contribution < 1.29 is 9.53 Å². The lowest BCUT2D eigenvalue weighted by atomic mass is 9.80. The first-order valence-electron chi connectivity index (χ1n) is 6.45. The number of ether oxygens (including phenoxy) is 1. The number of carbonyl (C=O) groups excluding carboxylic acids is 1. The summed E-state index contributed by atoms with van der Waals surface area (Å²) in [7, 11) is 0. The number of hydrogen-bond acceptors (Lipinski definition) is 2. The highest BCUT2D eigenvalue weighted by Crippen LogP contribution is 2.59. The molecular weight excluding hydrogens is 374 g/mol. The number of hydrogen-bond donors (Lipinski definition) is 0. The van der Waals surface area contributed by atoms with Gasteiger partial charge in [-0.3, -0.25) is 4.90 Å². The molecule has 4 rings (SSSR count). The Morgan fingerprint density at radius 2 is 1.89 bits per heavy atom. The molecule has 3 aliphatic rings. The van der Waals surface area contributed by atoms with Crippen molar-refractivity contribution in [3.05, 3.63) is 35.9 Å². The minimum absolute atomic E-state index is 0.0963. The number of alkyl halides is 2. The predicted molar refractivity (Wildman–Crippen MR) is 80.8 cm³/mol. The van der Waals surface area contributed by atoms with Crippen LogP contribution in [0.2, 0.25) is 0 Å². The van der Waals surface area contributed by atoms with E-state index < -0.39 is 0 Å². The molecule has 5 atom stereocenters. The van der Waals surface area contributed by atoms with Gasteiger partial charge in [0.15, 0.2) is 0 Å². The van der Waals surface area contributed by atoms with E-state index in [2.05, 4.69) is 44.0 Å². The number of amides is 1. The summed E-state index contributed by atoms with van der Waals surface area (Å²) in [6, 6.07) is 10.5. The van der Waals surface area contributed by atoms with Gasteiger partial charge in [0, 0.05) is 15.6 Å². The van der Waals surface area contributed by atoms with E-state index >= 15 is 0 Å². The van der Waals surface area contributed by atoms with Gasteiger partial charge in [0.05, 0.1) is 18.7 Å². The van der Waals surface area contributed by atoms with Gasteiger partial charge in [-0.2, -0.15) is 0 Å². The van der Waals surface area contributed by atoms with Crippen LogP contribution in [0.15, 0.2) is 30.3 Å². The van der Waals surface area contributed by atoms with Gasteiger partial charge < -0.3 is 4.74 Å². The minimum Gasteiger partial charge on any atom is -0.450 e. The summed E-state index contributed by atoms with van der Waals surface area (Å²) in [4.78, 5) is 14.8. The summed E-state index contributed by atoms with van der Waals surface area (Å²) in [5.41, 5.74) is 1.18. The third-order valence-corrected chi connectivity index (χ3v) is 6.30. The summed E-state index contributed by atoms with van der Waals surface area (Å²) in [6.07, 6.45) is -0.213. The second-order valence-corrected chi connectivity index (χ2v) is 7.03. The van der Waals surface area contributed by atoms with Crippen molar-refractivity contribution in [2.45, 2.75) is 28.7 Å². The molecular formula is C14H15Br2NO2. The third kappa shape index (κ3) is 1.93. The van der Waals surface area contributed by atoms with Crippen molar-refractivity contribution in [2.24, 2.45) is 5.92 Å². The zero-order valence-electron chi connectivity index (χ0n) is 10.5. The van der Waals surface area contributed by atoms with Crippen LogP contribution < -0.4 is 0 Å². The third-order valence-electron chi connectivity index (χ3n) is 3.99. The van der Waals surface area contributed by atoms with Crippen molar-refractivity contribution in [3.8, 4) is 0 Å². The Kier molecular flexibility index (Phi) is 3.60. The van der Waals surface area contributed by atoms with Gasteiger partial charge in [0.2, 0.25) is 0 Å². The summed E-state index contributed by atoms with van der Waals surface area (Å²) >= 11 is 7.42. The Hall–Kier alpha value is -0.550. The van der Waals surface area contributed by atoms with E-state index in [1.807, 2.05) is 30.0 Å². The van der Waals surface area contributed by atoms with Crippen molar-refractivity contribution in [1.82, 2.24) is 4.90 Å². The highest BCUT2D eigenvalue weighted by molar-refractivity contribution is 9.10. The van der Waals surface area contributed by atoms with E-state index in [0.29, 0.717) is 22.2 Å². The fourth-order valence-electron chi connectivity index (χ4n) is 3.15. The Labute approximate surface area is 129 Å². The van der Waals surface area contributed by atoms with E-state index in [9.17, 15) is 4.79 Å². The molecule has 2 saturated heterocycles. The number of halogens is 2. The number of nitrogens with zero attached hydrogens (tertiary/aromatic N) is 1. The van der Waals surface area contributed by atoms with Gasteiger partial charge in [0.1, 0.15) is 0 Å². The average Bonchev–Trinajstić information content (AvgIpc) is 2.91. The molecule has 1 aromatic carbocycles. The average molecular weight is 389 g/mol. The maximum atomic E-state index is 12.2. The first-order valence-corrected chi connectivity index (χ1v) is 8.28. The highest BCUT2D eigenvalue weighted by Gasteiger charge is 2.65. The zero-order valence-corrected chi connectivity index (χ0v) is 13.7. The van der Waals surface area contributed by atoms with Crippen LogP contribution >= 0.6 is 31.9 Å². The van der Waals surface area contributed by atoms with E-state index in [1.54, 1.807) is 0 Å². The molecule has 1 aliphatic carbocycles. The molecule has 0 spiro atoms. The van der Waals surface area contributed by atoms with Crippen LogP contribution in [0.25, 0.3) is 0 Å². The number of benzene rings is 1. The van der Waals surface area contributed by atoms with Gasteiger partial charge in [0.25, 0.3) is 0 Å².